The second kappa shape index (κ2) is 8.17. The largest absolute Gasteiger partial charge is 0.490 e. The summed E-state index contributed by atoms with van der Waals surface area (Å²) >= 11 is 0. The fourth-order valence-corrected chi connectivity index (χ4v) is 4.63. The van der Waals surface area contributed by atoms with Crippen LogP contribution in [0.3, 0.4) is 0 Å². The van der Waals surface area contributed by atoms with Crippen LogP contribution in [-0.4, -0.2) is 29.5 Å². The highest BCUT2D eigenvalue weighted by molar-refractivity contribution is 5.99. The molecule has 1 heterocycles. The van der Waals surface area contributed by atoms with E-state index >= 15 is 0 Å². The van der Waals surface area contributed by atoms with Gasteiger partial charge in [0.1, 0.15) is 5.75 Å². The number of likely N-dealkylation sites (tertiary alicyclic amines) is 1. The lowest BCUT2D eigenvalue weighted by Crippen LogP contribution is -2.47. The fourth-order valence-electron chi connectivity index (χ4n) is 4.63. The average Bonchev–Trinajstić information content (AvgIpc) is 2.74. The number of nitrogens with zero attached hydrogens (tertiary/aromatic N) is 2. The number of piperidine rings is 1. The minimum absolute atomic E-state index is 0.110. The van der Waals surface area contributed by atoms with E-state index in [1.165, 1.54) is 11.6 Å². The molecule has 2 fully saturated rings. The van der Waals surface area contributed by atoms with Gasteiger partial charge in [-0.3, -0.25) is 4.79 Å². The Morgan fingerprint density at radius 3 is 2.53 bits per heavy atom. The van der Waals surface area contributed by atoms with Crippen molar-refractivity contribution >= 4 is 5.91 Å². The quantitative estimate of drug-likeness (QED) is 0.685. The van der Waals surface area contributed by atoms with Crippen molar-refractivity contribution in [2.24, 2.45) is 0 Å². The summed E-state index contributed by atoms with van der Waals surface area (Å²) in [5, 5.41) is 8.91. The molecule has 0 aromatic heterocycles. The smallest absolute Gasteiger partial charge is 0.417 e. The van der Waals surface area contributed by atoms with Crippen molar-refractivity contribution in [3.05, 3.63) is 52.6 Å². The molecule has 4 rings (SSSR count). The molecule has 1 amide bonds. The van der Waals surface area contributed by atoms with Gasteiger partial charge < -0.3 is 9.64 Å². The van der Waals surface area contributed by atoms with Crippen LogP contribution in [0, 0.1) is 11.3 Å². The molecule has 1 aromatic rings. The predicted octanol–water partition coefficient (Wildman–Crippen LogP) is 5.15. The highest BCUT2D eigenvalue weighted by Crippen LogP contribution is 2.36. The van der Waals surface area contributed by atoms with Crippen LogP contribution in [0.25, 0.3) is 0 Å². The van der Waals surface area contributed by atoms with Crippen LogP contribution in [0.15, 0.2) is 41.5 Å². The maximum Gasteiger partial charge on any atom is 0.417 e. The van der Waals surface area contributed by atoms with Crippen molar-refractivity contribution in [2.75, 3.05) is 6.54 Å². The lowest BCUT2D eigenvalue weighted by molar-refractivity contribution is -0.138. The zero-order valence-corrected chi connectivity index (χ0v) is 16.5. The molecule has 30 heavy (non-hydrogen) atoms. The van der Waals surface area contributed by atoms with E-state index in [4.69, 9.17) is 10.00 Å². The molecule has 0 radical (unpaired) electrons. The predicted molar refractivity (Wildman–Crippen MR) is 105 cm³/mol. The van der Waals surface area contributed by atoms with E-state index in [9.17, 15) is 18.0 Å². The molecule has 0 spiro atoms. The molecule has 1 saturated heterocycles. The van der Waals surface area contributed by atoms with Crippen molar-refractivity contribution in [3.8, 4) is 11.8 Å². The van der Waals surface area contributed by atoms with Gasteiger partial charge in [-0.05, 0) is 68.7 Å². The number of hydrogen-bond acceptors (Lipinski definition) is 3. The third-order valence-corrected chi connectivity index (χ3v) is 6.17. The molecular weight excluding hydrogens is 393 g/mol. The molecule has 4 nitrogen and oxygen atoms in total. The van der Waals surface area contributed by atoms with Gasteiger partial charge in [-0.2, -0.15) is 18.4 Å². The van der Waals surface area contributed by atoms with Crippen molar-refractivity contribution in [1.29, 1.82) is 5.26 Å². The van der Waals surface area contributed by atoms with Crippen molar-refractivity contribution in [2.45, 2.75) is 63.3 Å². The minimum Gasteiger partial charge on any atom is -0.490 e. The number of benzene rings is 1. The van der Waals surface area contributed by atoms with Gasteiger partial charge in [0.2, 0.25) is 0 Å². The number of alkyl halides is 3. The summed E-state index contributed by atoms with van der Waals surface area (Å²) in [5.41, 5.74) is 0.635. The molecule has 0 unspecified atom stereocenters. The lowest BCUT2D eigenvalue weighted by Gasteiger charge is -2.40. The summed E-state index contributed by atoms with van der Waals surface area (Å²) in [7, 11) is 0. The standard InChI is InChI=1S/C23H23F3N2O2/c24-23(25,26)21-13-19(8-5-16(21)14-27)30-18-9-6-17(7-10-18)28-12-11-15-3-1-2-4-20(15)22(28)29/h3-5,8,13,17-18H,1-2,6-7,9-12H2/t17-,18-. The van der Waals surface area contributed by atoms with E-state index in [0.717, 1.165) is 56.4 Å². The summed E-state index contributed by atoms with van der Waals surface area (Å²) in [6.45, 7) is 0.725. The molecule has 1 saturated carbocycles. The van der Waals surface area contributed by atoms with Crippen LogP contribution in [0.2, 0.25) is 0 Å². The summed E-state index contributed by atoms with van der Waals surface area (Å²) in [5.74, 6) is 0.236. The fraction of sp³-hybridized carbons (Fsp3) is 0.478. The van der Waals surface area contributed by atoms with E-state index in [2.05, 4.69) is 6.08 Å². The number of ether oxygens (including phenoxy) is 1. The Hall–Kier alpha value is -2.75. The van der Waals surface area contributed by atoms with E-state index < -0.39 is 17.3 Å². The number of carbonyl (C=O) groups excluding carboxylic acids is 1. The third-order valence-electron chi connectivity index (χ3n) is 6.17. The van der Waals surface area contributed by atoms with Crippen molar-refractivity contribution < 1.29 is 22.7 Å². The number of amides is 1. The SMILES string of the molecule is N#Cc1ccc(O[C@H]2CC[C@H](N3CCC4=CCCC=C4C3=O)CC2)cc1C(F)(F)F. The number of allylic oxidation sites excluding steroid dienone is 2. The van der Waals surface area contributed by atoms with E-state index in [0.29, 0.717) is 12.8 Å². The molecule has 0 N–H and O–H groups in total. The van der Waals surface area contributed by atoms with Gasteiger partial charge in [-0.15, -0.1) is 0 Å². The Kier molecular flexibility index (Phi) is 5.59. The second-order valence-electron chi connectivity index (χ2n) is 8.04. The zero-order valence-electron chi connectivity index (χ0n) is 16.5. The number of hydrogen-bond donors (Lipinski definition) is 0. The zero-order chi connectivity index (χ0) is 21.3. The first-order valence-corrected chi connectivity index (χ1v) is 10.4. The molecule has 2 aliphatic carbocycles. The highest BCUT2D eigenvalue weighted by Gasteiger charge is 2.36. The number of halogens is 3. The van der Waals surface area contributed by atoms with Crippen molar-refractivity contribution in [1.82, 2.24) is 4.90 Å². The molecular formula is C23H23F3N2O2. The topological polar surface area (TPSA) is 53.3 Å². The van der Waals surface area contributed by atoms with Crippen molar-refractivity contribution in [3.63, 3.8) is 0 Å². The Morgan fingerprint density at radius 2 is 1.83 bits per heavy atom. The Morgan fingerprint density at radius 1 is 1.10 bits per heavy atom. The molecule has 7 heteroatoms. The van der Waals surface area contributed by atoms with Gasteiger partial charge in [-0.25, -0.2) is 0 Å². The maximum absolute atomic E-state index is 13.2. The normalized spacial score (nSPS) is 24.5. The highest BCUT2D eigenvalue weighted by atomic mass is 19.4. The second-order valence-corrected chi connectivity index (χ2v) is 8.04. The van der Waals surface area contributed by atoms with Gasteiger partial charge in [0.05, 0.1) is 23.3 Å². The minimum atomic E-state index is -4.60. The average molecular weight is 416 g/mol. The Bertz CT molecular complexity index is 935. The first-order chi connectivity index (χ1) is 14.4. The van der Waals surface area contributed by atoms with Crippen LogP contribution >= 0.6 is 0 Å². The molecule has 1 aromatic carbocycles. The van der Waals surface area contributed by atoms with Crippen LogP contribution in [0.5, 0.6) is 5.75 Å². The lowest BCUT2D eigenvalue weighted by atomic mass is 9.86. The van der Waals surface area contributed by atoms with Gasteiger partial charge >= 0.3 is 6.18 Å². The molecule has 1 aliphatic heterocycles. The summed E-state index contributed by atoms with van der Waals surface area (Å²) in [6.07, 6.45) is 5.11. The van der Waals surface area contributed by atoms with Gasteiger partial charge in [0.15, 0.2) is 0 Å². The number of carbonyl (C=O) groups is 1. The van der Waals surface area contributed by atoms with Crippen LogP contribution < -0.4 is 4.74 Å². The first kappa shape index (κ1) is 20.5. The summed E-state index contributed by atoms with van der Waals surface area (Å²) in [6, 6.07) is 5.20. The van der Waals surface area contributed by atoms with Crippen LogP contribution in [-0.2, 0) is 11.0 Å². The number of nitriles is 1. The first-order valence-electron chi connectivity index (χ1n) is 10.4. The maximum atomic E-state index is 13.2. The molecule has 0 bridgehead atoms. The van der Waals surface area contributed by atoms with E-state index in [-0.39, 0.29) is 23.8 Å². The van der Waals surface area contributed by atoms with Crippen LogP contribution in [0.1, 0.15) is 56.1 Å². The Labute approximate surface area is 173 Å². The molecule has 158 valence electrons. The summed E-state index contributed by atoms with van der Waals surface area (Å²) in [4.78, 5) is 14.8. The van der Waals surface area contributed by atoms with Gasteiger partial charge in [0, 0.05) is 18.2 Å². The molecule has 0 atom stereocenters. The third kappa shape index (κ3) is 4.09. The number of rotatable bonds is 3. The van der Waals surface area contributed by atoms with E-state index in [1.54, 1.807) is 6.07 Å². The summed E-state index contributed by atoms with van der Waals surface area (Å²) < 4.78 is 45.3. The Balaban J connectivity index is 1.38. The van der Waals surface area contributed by atoms with Gasteiger partial charge in [-0.1, -0.05) is 12.2 Å². The van der Waals surface area contributed by atoms with Gasteiger partial charge in [0.25, 0.3) is 5.91 Å². The monoisotopic (exact) mass is 416 g/mol. The van der Waals surface area contributed by atoms with E-state index in [1.807, 2.05) is 11.0 Å². The number of fused-ring (bicyclic) bond motifs is 1. The van der Waals surface area contributed by atoms with Crippen LogP contribution in [0.4, 0.5) is 13.2 Å². The molecule has 3 aliphatic rings.